The molecule has 0 bridgehead atoms. The molecule has 0 saturated carbocycles. The summed E-state index contributed by atoms with van der Waals surface area (Å²) in [7, 11) is 0. The maximum atomic E-state index is 12.5. The monoisotopic (exact) mass is 241 g/mol. The van der Waals surface area contributed by atoms with Crippen LogP contribution in [0.5, 0.6) is 0 Å². The Morgan fingerprint density at radius 3 is 2.71 bits per heavy atom. The van der Waals surface area contributed by atoms with Crippen molar-refractivity contribution in [1.29, 1.82) is 5.26 Å². The van der Waals surface area contributed by atoms with Crippen LogP contribution in [0.3, 0.4) is 0 Å². The van der Waals surface area contributed by atoms with Crippen molar-refractivity contribution in [2.45, 2.75) is 19.4 Å². The zero-order valence-electron chi connectivity index (χ0n) is 8.65. The molecule has 0 aliphatic rings. The summed E-state index contributed by atoms with van der Waals surface area (Å²) in [6.07, 6.45) is -3.35. The highest BCUT2D eigenvalue weighted by Gasteiger charge is 2.18. The number of rotatable bonds is 4. The first kappa shape index (κ1) is 13.0. The van der Waals surface area contributed by atoms with Gasteiger partial charge in [-0.2, -0.15) is 5.26 Å². The molecular formula is C10H9F2N3O2. The summed E-state index contributed by atoms with van der Waals surface area (Å²) in [6.45, 7) is -0.198. The van der Waals surface area contributed by atoms with Crippen LogP contribution in [0.15, 0.2) is 6.07 Å². The molecule has 1 aromatic heterocycles. The summed E-state index contributed by atoms with van der Waals surface area (Å²) in [5.74, 6) is -1.21. The number of hydrogen-bond donors (Lipinski definition) is 2. The van der Waals surface area contributed by atoms with Crippen molar-refractivity contribution in [2.24, 2.45) is 5.73 Å². The second kappa shape index (κ2) is 5.32. The van der Waals surface area contributed by atoms with Gasteiger partial charge in [-0.1, -0.05) is 0 Å². The Hall–Kier alpha value is -2.07. The standard InChI is InChI=1S/C10H9F2N3O2/c11-10(12)7-1-5(2-9(16)17)6(3-13)8(4-14)15-7/h1,10H,2,4,14H2,(H,16,17). The molecule has 0 aromatic carbocycles. The molecule has 0 saturated heterocycles. The van der Waals surface area contributed by atoms with Crippen LogP contribution in [0.2, 0.25) is 0 Å². The third-order valence-electron chi connectivity index (χ3n) is 2.07. The van der Waals surface area contributed by atoms with Gasteiger partial charge in [-0.3, -0.25) is 4.79 Å². The lowest BCUT2D eigenvalue weighted by Gasteiger charge is -2.09. The second-order valence-electron chi connectivity index (χ2n) is 3.22. The molecule has 1 aromatic rings. The van der Waals surface area contributed by atoms with Crippen LogP contribution in [0, 0.1) is 11.3 Å². The molecule has 0 radical (unpaired) electrons. The lowest BCUT2D eigenvalue weighted by molar-refractivity contribution is -0.136. The van der Waals surface area contributed by atoms with Crippen LogP contribution in [0.1, 0.15) is 28.9 Å². The Bertz CT molecular complexity index is 483. The molecule has 3 N–H and O–H groups in total. The highest BCUT2D eigenvalue weighted by atomic mass is 19.3. The lowest BCUT2D eigenvalue weighted by Crippen LogP contribution is -2.11. The van der Waals surface area contributed by atoms with Crippen molar-refractivity contribution in [3.8, 4) is 6.07 Å². The fourth-order valence-corrected chi connectivity index (χ4v) is 1.38. The molecule has 1 rings (SSSR count). The van der Waals surface area contributed by atoms with Gasteiger partial charge in [0, 0.05) is 6.54 Å². The first-order chi connectivity index (χ1) is 7.99. The van der Waals surface area contributed by atoms with Gasteiger partial charge in [0.15, 0.2) is 0 Å². The van der Waals surface area contributed by atoms with Gasteiger partial charge in [-0.05, 0) is 11.6 Å². The number of carbonyl (C=O) groups is 1. The number of carboxylic acid groups (broad SMARTS) is 1. The quantitative estimate of drug-likeness (QED) is 0.818. The SMILES string of the molecule is N#Cc1c(CC(=O)O)cc(C(F)F)nc1CN. The first-order valence-corrected chi connectivity index (χ1v) is 4.62. The van der Waals surface area contributed by atoms with Gasteiger partial charge >= 0.3 is 5.97 Å². The van der Waals surface area contributed by atoms with E-state index in [0.717, 1.165) is 6.07 Å². The van der Waals surface area contributed by atoms with E-state index in [-0.39, 0.29) is 23.4 Å². The van der Waals surface area contributed by atoms with Crippen molar-refractivity contribution in [3.05, 3.63) is 28.6 Å². The number of aromatic nitrogens is 1. The van der Waals surface area contributed by atoms with Crippen LogP contribution in [0.4, 0.5) is 8.78 Å². The summed E-state index contributed by atoms with van der Waals surface area (Å²) in [6, 6.07) is 2.66. The number of nitrogens with two attached hydrogens (primary N) is 1. The average molecular weight is 241 g/mol. The number of hydrogen-bond acceptors (Lipinski definition) is 4. The van der Waals surface area contributed by atoms with Gasteiger partial charge in [-0.25, -0.2) is 13.8 Å². The molecule has 0 aliphatic heterocycles. The largest absolute Gasteiger partial charge is 0.481 e. The van der Waals surface area contributed by atoms with E-state index in [0.29, 0.717) is 0 Å². The number of alkyl halides is 2. The number of nitrogens with zero attached hydrogens (tertiary/aromatic N) is 2. The lowest BCUT2D eigenvalue weighted by atomic mass is 10.0. The molecule has 0 aliphatic carbocycles. The predicted octanol–water partition coefficient (Wildman–Crippen LogP) is 0.977. The Labute approximate surface area is 95.5 Å². The normalized spacial score (nSPS) is 10.3. The van der Waals surface area contributed by atoms with Crippen LogP contribution < -0.4 is 5.73 Å². The number of carboxylic acids is 1. The molecule has 5 nitrogen and oxygen atoms in total. The van der Waals surface area contributed by atoms with Crippen LogP contribution in [-0.2, 0) is 17.8 Å². The molecule has 0 amide bonds. The summed E-state index contributed by atoms with van der Waals surface area (Å²) < 4.78 is 25.0. The van der Waals surface area contributed by atoms with Crippen molar-refractivity contribution in [1.82, 2.24) is 4.98 Å². The minimum absolute atomic E-state index is 0.00532. The fraction of sp³-hybridized carbons (Fsp3) is 0.300. The molecule has 0 fully saturated rings. The molecular weight excluding hydrogens is 232 g/mol. The zero-order chi connectivity index (χ0) is 13.0. The number of nitriles is 1. The molecule has 7 heteroatoms. The van der Waals surface area contributed by atoms with E-state index in [4.69, 9.17) is 16.1 Å². The third kappa shape index (κ3) is 2.95. The van der Waals surface area contributed by atoms with Gasteiger partial charge in [0.1, 0.15) is 11.8 Å². The second-order valence-corrected chi connectivity index (χ2v) is 3.22. The van der Waals surface area contributed by atoms with Crippen molar-refractivity contribution >= 4 is 5.97 Å². The van der Waals surface area contributed by atoms with E-state index in [1.807, 2.05) is 0 Å². The van der Waals surface area contributed by atoms with E-state index in [2.05, 4.69) is 4.98 Å². The molecule has 0 unspecified atom stereocenters. The fourth-order valence-electron chi connectivity index (χ4n) is 1.38. The molecule has 17 heavy (non-hydrogen) atoms. The van der Waals surface area contributed by atoms with E-state index in [9.17, 15) is 13.6 Å². The molecule has 1 heterocycles. The van der Waals surface area contributed by atoms with E-state index in [1.54, 1.807) is 6.07 Å². The van der Waals surface area contributed by atoms with E-state index < -0.39 is 24.5 Å². The summed E-state index contributed by atoms with van der Waals surface area (Å²) in [4.78, 5) is 14.1. The van der Waals surface area contributed by atoms with Crippen LogP contribution >= 0.6 is 0 Å². The Morgan fingerprint density at radius 1 is 1.65 bits per heavy atom. The first-order valence-electron chi connectivity index (χ1n) is 4.62. The summed E-state index contributed by atoms with van der Waals surface area (Å²) in [5.41, 5.74) is 4.67. The maximum absolute atomic E-state index is 12.5. The minimum Gasteiger partial charge on any atom is -0.481 e. The van der Waals surface area contributed by atoms with Crippen molar-refractivity contribution in [3.63, 3.8) is 0 Å². The topological polar surface area (TPSA) is 100 Å². The summed E-state index contributed by atoms with van der Waals surface area (Å²) >= 11 is 0. The highest BCUT2D eigenvalue weighted by Crippen LogP contribution is 2.22. The van der Waals surface area contributed by atoms with Gasteiger partial charge in [0.2, 0.25) is 0 Å². The highest BCUT2D eigenvalue weighted by molar-refractivity contribution is 5.71. The van der Waals surface area contributed by atoms with Crippen LogP contribution in [-0.4, -0.2) is 16.1 Å². The van der Waals surface area contributed by atoms with E-state index >= 15 is 0 Å². The Balaban J connectivity index is 3.38. The number of halogens is 2. The third-order valence-corrected chi connectivity index (χ3v) is 2.07. The predicted molar refractivity (Wildman–Crippen MR) is 53.1 cm³/mol. The Kier molecular flexibility index (Phi) is 4.06. The molecule has 90 valence electrons. The van der Waals surface area contributed by atoms with Crippen molar-refractivity contribution < 1.29 is 18.7 Å². The van der Waals surface area contributed by atoms with E-state index in [1.165, 1.54) is 0 Å². The summed E-state index contributed by atoms with van der Waals surface area (Å²) in [5, 5.41) is 17.5. The molecule has 0 spiro atoms. The number of aliphatic carboxylic acids is 1. The molecule has 0 atom stereocenters. The average Bonchev–Trinajstić information content (AvgIpc) is 2.26. The number of pyridine rings is 1. The smallest absolute Gasteiger partial charge is 0.307 e. The van der Waals surface area contributed by atoms with Gasteiger partial charge in [0.05, 0.1) is 17.7 Å². The maximum Gasteiger partial charge on any atom is 0.307 e. The minimum atomic E-state index is -2.83. The van der Waals surface area contributed by atoms with Gasteiger partial charge in [-0.15, -0.1) is 0 Å². The van der Waals surface area contributed by atoms with Gasteiger partial charge in [0.25, 0.3) is 6.43 Å². The van der Waals surface area contributed by atoms with Crippen molar-refractivity contribution in [2.75, 3.05) is 0 Å². The van der Waals surface area contributed by atoms with Crippen LogP contribution in [0.25, 0.3) is 0 Å². The Morgan fingerprint density at radius 2 is 2.29 bits per heavy atom. The zero-order valence-corrected chi connectivity index (χ0v) is 8.65. The van der Waals surface area contributed by atoms with Gasteiger partial charge < -0.3 is 10.8 Å².